The van der Waals surface area contributed by atoms with Crippen LogP contribution < -0.4 is 0 Å². The minimum absolute atomic E-state index is 0.0699. The van der Waals surface area contributed by atoms with E-state index < -0.39 is 26.6 Å². The molecule has 28 heavy (non-hydrogen) atoms. The number of carbonyl (C=O) groups excluding carboxylic acids is 1. The van der Waals surface area contributed by atoms with Crippen molar-refractivity contribution in [3.63, 3.8) is 0 Å². The molecule has 0 N–H and O–H groups in total. The SMILES string of the molecule is CN(C)C1CCCN(C(=O)C2CCN(S(=O)(=O)c3cc(F)ccc3F)CC2)C1. The Labute approximate surface area is 165 Å². The number of hydrogen-bond donors (Lipinski definition) is 0. The molecule has 1 aromatic carbocycles. The van der Waals surface area contributed by atoms with Crippen molar-refractivity contribution < 1.29 is 22.0 Å². The molecule has 1 atom stereocenters. The number of likely N-dealkylation sites (N-methyl/N-ethyl adjacent to an activating group) is 1. The van der Waals surface area contributed by atoms with Crippen LogP contribution in [-0.2, 0) is 14.8 Å². The molecule has 9 heteroatoms. The molecule has 2 saturated heterocycles. The number of sulfonamides is 1. The van der Waals surface area contributed by atoms with Crippen molar-refractivity contribution in [2.24, 2.45) is 5.92 Å². The Balaban J connectivity index is 1.64. The molecule has 2 aliphatic heterocycles. The Hall–Kier alpha value is -1.58. The lowest BCUT2D eigenvalue weighted by atomic mass is 9.94. The molecule has 2 fully saturated rings. The molecule has 156 valence electrons. The average molecular weight is 416 g/mol. The first kappa shape index (κ1) is 21.1. The van der Waals surface area contributed by atoms with Crippen LogP contribution in [0.3, 0.4) is 0 Å². The zero-order chi connectivity index (χ0) is 20.5. The monoisotopic (exact) mass is 415 g/mol. The van der Waals surface area contributed by atoms with Gasteiger partial charge in [-0.1, -0.05) is 0 Å². The van der Waals surface area contributed by atoms with E-state index in [1.54, 1.807) is 0 Å². The van der Waals surface area contributed by atoms with Crippen LogP contribution in [0.4, 0.5) is 8.78 Å². The lowest BCUT2D eigenvalue weighted by Crippen LogP contribution is -2.51. The van der Waals surface area contributed by atoms with Crippen LogP contribution in [0.1, 0.15) is 25.7 Å². The summed E-state index contributed by atoms with van der Waals surface area (Å²) in [5, 5.41) is 0. The van der Waals surface area contributed by atoms with Crippen molar-refractivity contribution in [3.05, 3.63) is 29.8 Å². The van der Waals surface area contributed by atoms with Gasteiger partial charge >= 0.3 is 0 Å². The normalized spacial score (nSPS) is 22.6. The van der Waals surface area contributed by atoms with Gasteiger partial charge in [0.15, 0.2) is 0 Å². The second kappa shape index (κ2) is 8.42. The van der Waals surface area contributed by atoms with Gasteiger partial charge in [0.25, 0.3) is 0 Å². The van der Waals surface area contributed by atoms with Crippen LogP contribution in [0.5, 0.6) is 0 Å². The summed E-state index contributed by atoms with van der Waals surface area (Å²) in [6.07, 6.45) is 2.80. The maximum absolute atomic E-state index is 13.9. The zero-order valence-electron chi connectivity index (χ0n) is 16.3. The molecule has 0 radical (unpaired) electrons. The van der Waals surface area contributed by atoms with Crippen LogP contribution in [0, 0.1) is 17.6 Å². The summed E-state index contributed by atoms with van der Waals surface area (Å²) < 4.78 is 53.8. The molecule has 3 rings (SSSR count). The standard InChI is InChI=1S/C19H27F2N3O3S/c1-22(2)16-4-3-9-23(13-16)19(25)14-7-10-24(11-8-14)28(26,27)18-12-15(20)5-6-17(18)21/h5-6,12,14,16H,3-4,7-11,13H2,1-2H3. The Bertz CT molecular complexity index is 824. The average Bonchev–Trinajstić information content (AvgIpc) is 2.69. The molecule has 2 aliphatic rings. The fraction of sp³-hybridized carbons (Fsp3) is 0.632. The third-order valence-electron chi connectivity index (χ3n) is 5.75. The fourth-order valence-electron chi connectivity index (χ4n) is 3.99. The minimum Gasteiger partial charge on any atom is -0.341 e. The number of benzene rings is 1. The van der Waals surface area contributed by atoms with E-state index in [0.717, 1.165) is 35.8 Å². The summed E-state index contributed by atoms with van der Waals surface area (Å²) >= 11 is 0. The smallest absolute Gasteiger partial charge is 0.246 e. The number of rotatable bonds is 4. The van der Waals surface area contributed by atoms with Crippen molar-refractivity contribution in [1.82, 2.24) is 14.1 Å². The van der Waals surface area contributed by atoms with Crippen LogP contribution in [0.25, 0.3) is 0 Å². The van der Waals surface area contributed by atoms with Gasteiger partial charge in [0.05, 0.1) is 0 Å². The highest BCUT2D eigenvalue weighted by Gasteiger charge is 2.36. The molecular weight excluding hydrogens is 388 g/mol. The number of halogens is 2. The highest BCUT2D eigenvalue weighted by atomic mass is 32.2. The van der Waals surface area contributed by atoms with Gasteiger partial charge in [0, 0.05) is 38.1 Å². The molecule has 0 aliphatic carbocycles. The second-order valence-corrected chi connectivity index (χ2v) is 9.70. The molecule has 6 nitrogen and oxygen atoms in total. The molecule has 2 heterocycles. The predicted octanol–water partition coefficient (Wildman–Crippen LogP) is 1.92. The molecule has 0 aromatic heterocycles. The number of nitrogens with zero attached hydrogens (tertiary/aromatic N) is 3. The van der Waals surface area contributed by atoms with E-state index in [4.69, 9.17) is 0 Å². The molecule has 1 aromatic rings. The number of likely N-dealkylation sites (tertiary alicyclic amines) is 1. The van der Waals surface area contributed by atoms with Gasteiger partial charge in [0.1, 0.15) is 16.5 Å². The number of carbonyl (C=O) groups is 1. The van der Waals surface area contributed by atoms with Crippen LogP contribution in [-0.4, -0.2) is 74.7 Å². The largest absolute Gasteiger partial charge is 0.341 e. The van der Waals surface area contributed by atoms with Gasteiger partial charge in [-0.2, -0.15) is 4.31 Å². The zero-order valence-corrected chi connectivity index (χ0v) is 17.1. The molecule has 0 spiro atoms. The number of hydrogen-bond acceptors (Lipinski definition) is 4. The Morgan fingerprint density at radius 1 is 1.11 bits per heavy atom. The van der Waals surface area contributed by atoms with E-state index in [2.05, 4.69) is 4.90 Å². The van der Waals surface area contributed by atoms with Gasteiger partial charge in [-0.25, -0.2) is 17.2 Å². The highest BCUT2D eigenvalue weighted by molar-refractivity contribution is 7.89. The molecule has 1 unspecified atom stereocenters. The Morgan fingerprint density at radius 2 is 1.79 bits per heavy atom. The molecule has 0 bridgehead atoms. The number of amides is 1. The fourth-order valence-corrected chi connectivity index (χ4v) is 5.54. The maximum atomic E-state index is 13.9. The van der Waals surface area contributed by atoms with E-state index >= 15 is 0 Å². The van der Waals surface area contributed by atoms with E-state index in [9.17, 15) is 22.0 Å². The minimum atomic E-state index is -4.12. The quantitative estimate of drug-likeness (QED) is 0.754. The first-order valence-electron chi connectivity index (χ1n) is 9.60. The van der Waals surface area contributed by atoms with E-state index in [0.29, 0.717) is 31.5 Å². The first-order chi connectivity index (χ1) is 13.2. The summed E-state index contributed by atoms with van der Waals surface area (Å²) in [5.74, 6) is -1.93. The highest BCUT2D eigenvalue weighted by Crippen LogP contribution is 2.28. The second-order valence-electron chi connectivity index (χ2n) is 7.80. The molecule has 1 amide bonds. The lowest BCUT2D eigenvalue weighted by Gasteiger charge is -2.39. The van der Waals surface area contributed by atoms with E-state index in [-0.39, 0.29) is 24.9 Å². The summed E-state index contributed by atoms with van der Waals surface area (Å²) in [6.45, 7) is 1.67. The summed E-state index contributed by atoms with van der Waals surface area (Å²) in [5.41, 5.74) is 0. The van der Waals surface area contributed by atoms with Gasteiger partial charge in [0.2, 0.25) is 15.9 Å². The number of piperidine rings is 2. The van der Waals surface area contributed by atoms with Gasteiger partial charge in [-0.05, 0) is 58.0 Å². The van der Waals surface area contributed by atoms with Crippen LogP contribution in [0.2, 0.25) is 0 Å². The van der Waals surface area contributed by atoms with Crippen molar-refractivity contribution in [3.8, 4) is 0 Å². The van der Waals surface area contributed by atoms with Crippen LogP contribution in [0.15, 0.2) is 23.1 Å². The topological polar surface area (TPSA) is 60.9 Å². The summed E-state index contributed by atoms with van der Waals surface area (Å²) in [7, 11) is -0.107. The van der Waals surface area contributed by atoms with Gasteiger partial charge in [-0.3, -0.25) is 4.79 Å². The summed E-state index contributed by atoms with van der Waals surface area (Å²) in [4.78, 5) is 16.2. The first-order valence-corrected chi connectivity index (χ1v) is 11.0. The van der Waals surface area contributed by atoms with Gasteiger partial charge < -0.3 is 9.80 Å². The molecule has 0 saturated carbocycles. The van der Waals surface area contributed by atoms with Crippen molar-refractivity contribution in [2.45, 2.75) is 36.6 Å². The predicted molar refractivity (Wildman–Crippen MR) is 101 cm³/mol. The van der Waals surface area contributed by atoms with E-state index in [1.165, 1.54) is 0 Å². The maximum Gasteiger partial charge on any atom is 0.246 e. The van der Waals surface area contributed by atoms with Crippen molar-refractivity contribution in [2.75, 3.05) is 40.3 Å². The van der Waals surface area contributed by atoms with Crippen LogP contribution >= 0.6 is 0 Å². The van der Waals surface area contributed by atoms with Crippen molar-refractivity contribution in [1.29, 1.82) is 0 Å². The van der Waals surface area contributed by atoms with Crippen molar-refractivity contribution >= 4 is 15.9 Å². The summed E-state index contributed by atoms with van der Waals surface area (Å²) in [6, 6.07) is 2.75. The lowest BCUT2D eigenvalue weighted by molar-refractivity contribution is -0.138. The van der Waals surface area contributed by atoms with Gasteiger partial charge in [-0.15, -0.1) is 0 Å². The van der Waals surface area contributed by atoms with E-state index in [1.807, 2.05) is 19.0 Å². The third-order valence-corrected chi connectivity index (χ3v) is 7.67. The third kappa shape index (κ3) is 4.36. The Morgan fingerprint density at radius 3 is 2.43 bits per heavy atom. The molecular formula is C19H27F2N3O3S. The Kier molecular flexibility index (Phi) is 6.36.